The fraction of sp³-hybridized carbons (Fsp3) is 0.868. The third-order valence-electron chi connectivity index (χ3n) is 17.7. The Balaban J connectivity index is 1.91. The number of nitrogens with one attached hydrogen (secondary N) is 1. The van der Waals surface area contributed by atoms with E-state index in [2.05, 4.69) is 55.6 Å². The number of aliphatic hydroxyl groups is 5. The van der Waals surface area contributed by atoms with Crippen molar-refractivity contribution in [1.29, 1.82) is 0 Å². The Hall–Kier alpha value is -2.38. The number of aliphatic hydroxyl groups excluding tert-OH is 5. The van der Waals surface area contributed by atoms with Gasteiger partial charge in [-0.2, -0.15) is 0 Å². The number of amides is 1. The van der Waals surface area contributed by atoms with Gasteiger partial charge >= 0.3 is 5.97 Å². The molecule has 0 aliphatic carbocycles. The second-order valence-electron chi connectivity index (χ2n) is 26.0. The molecule has 11 heteroatoms. The van der Waals surface area contributed by atoms with E-state index in [9.17, 15) is 35.1 Å². The van der Waals surface area contributed by atoms with Crippen LogP contribution in [0, 0.1) is 0 Å². The van der Waals surface area contributed by atoms with Gasteiger partial charge in [0.15, 0.2) is 6.29 Å². The maximum atomic E-state index is 13.0. The van der Waals surface area contributed by atoms with Crippen LogP contribution in [0.25, 0.3) is 0 Å². The maximum absolute atomic E-state index is 13.0. The number of carbonyl (C=O) groups excluding carboxylic acids is 2. The van der Waals surface area contributed by atoms with Crippen LogP contribution in [0.4, 0.5) is 0 Å². The van der Waals surface area contributed by atoms with Crippen LogP contribution in [-0.4, -0.2) is 100 Å². The van der Waals surface area contributed by atoms with Gasteiger partial charge in [0.2, 0.25) is 5.91 Å². The van der Waals surface area contributed by atoms with Gasteiger partial charge in [0.25, 0.3) is 0 Å². The molecule has 510 valence electrons. The van der Waals surface area contributed by atoms with Crippen LogP contribution in [0.3, 0.4) is 0 Å². The van der Waals surface area contributed by atoms with Crippen molar-refractivity contribution in [2.45, 2.75) is 403 Å². The highest BCUT2D eigenvalue weighted by Gasteiger charge is 2.44. The summed E-state index contributed by atoms with van der Waals surface area (Å²) in [5.41, 5.74) is 0. The summed E-state index contributed by atoms with van der Waals surface area (Å²) in [7, 11) is 0. The van der Waals surface area contributed by atoms with Crippen molar-refractivity contribution in [2.24, 2.45) is 0 Å². The lowest BCUT2D eigenvalue weighted by atomic mass is 9.99. The van der Waals surface area contributed by atoms with E-state index in [0.29, 0.717) is 19.4 Å². The Labute approximate surface area is 536 Å². The fourth-order valence-electron chi connectivity index (χ4n) is 11.8. The summed E-state index contributed by atoms with van der Waals surface area (Å²) >= 11 is 0. The number of unbranched alkanes of at least 4 members (excludes halogenated alkanes) is 46. The molecule has 0 aromatic heterocycles. The van der Waals surface area contributed by atoms with E-state index in [1.54, 1.807) is 6.08 Å². The molecule has 87 heavy (non-hydrogen) atoms. The molecule has 0 aromatic carbocycles. The highest BCUT2D eigenvalue weighted by Crippen LogP contribution is 2.23. The van der Waals surface area contributed by atoms with Crippen LogP contribution in [-0.2, 0) is 23.8 Å². The van der Waals surface area contributed by atoms with Crippen LogP contribution < -0.4 is 5.32 Å². The topological polar surface area (TPSA) is 175 Å². The van der Waals surface area contributed by atoms with Crippen molar-refractivity contribution < 1.29 is 49.3 Å². The second-order valence-corrected chi connectivity index (χ2v) is 26.0. The third-order valence-corrected chi connectivity index (χ3v) is 17.7. The molecule has 11 nitrogen and oxygen atoms in total. The van der Waals surface area contributed by atoms with E-state index < -0.39 is 49.5 Å². The van der Waals surface area contributed by atoms with Crippen LogP contribution in [0.5, 0.6) is 0 Å². The van der Waals surface area contributed by atoms with Gasteiger partial charge in [0.1, 0.15) is 24.4 Å². The summed E-state index contributed by atoms with van der Waals surface area (Å²) in [6, 6.07) is -0.825. The van der Waals surface area contributed by atoms with Gasteiger partial charge in [0, 0.05) is 12.8 Å². The molecule has 1 rings (SSSR count). The zero-order valence-corrected chi connectivity index (χ0v) is 56.7. The standard InChI is InChI=1S/C76H141NO10/c1-3-5-7-9-11-13-15-16-41-44-48-52-56-60-64-72(81)85-65-61-57-53-49-45-42-39-37-35-33-31-29-27-25-23-21-19-17-18-20-22-24-26-28-30-32-34-36-38-40-43-47-51-55-59-63-71(80)77-68(67-86-76-75(84)74(83)73(82)70(66-78)87-76)69(79)62-58-54-50-46-14-12-10-8-6-4-2/h14,19,21,25,27,46,58,62,68-70,73-76,78-79,82-84H,3-13,15-18,20,22-24,26,28-45,47-57,59-61,63-67H2,1-2H3,(H,77,80)/b21-19-,27-25-,46-14+,62-58+. The van der Waals surface area contributed by atoms with Gasteiger partial charge < -0.3 is 45.1 Å². The molecule has 1 aliphatic rings. The molecule has 1 heterocycles. The summed E-state index contributed by atoms with van der Waals surface area (Å²) in [6.07, 6.45) is 75.7. The summed E-state index contributed by atoms with van der Waals surface area (Å²) < 4.78 is 16.7. The fourth-order valence-corrected chi connectivity index (χ4v) is 11.8. The Morgan fingerprint density at radius 3 is 1.22 bits per heavy atom. The number of ether oxygens (including phenoxy) is 3. The van der Waals surface area contributed by atoms with Gasteiger partial charge in [-0.25, -0.2) is 0 Å². The summed E-state index contributed by atoms with van der Waals surface area (Å²) in [5, 5.41) is 54.3. The van der Waals surface area contributed by atoms with Crippen LogP contribution in [0.2, 0.25) is 0 Å². The first-order chi connectivity index (χ1) is 42.7. The molecular formula is C76H141NO10. The third kappa shape index (κ3) is 53.9. The molecule has 0 aromatic rings. The Morgan fingerprint density at radius 2 is 0.782 bits per heavy atom. The highest BCUT2D eigenvalue weighted by molar-refractivity contribution is 5.76. The number of esters is 1. The lowest BCUT2D eigenvalue weighted by molar-refractivity contribution is -0.302. The average Bonchev–Trinajstić information content (AvgIpc) is 2.25. The first-order valence-corrected chi connectivity index (χ1v) is 37.4. The molecule has 6 N–H and O–H groups in total. The van der Waals surface area contributed by atoms with Gasteiger partial charge in [-0.05, 0) is 77.0 Å². The van der Waals surface area contributed by atoms with Gasteiger partial charge in [-0.1, -0.05) is 319 Å². The number of rotatable bonds is 66. The monoisotopic (exact) mass is 1230 g/mol. The normalized spacial score (nSPS) is 18.1. The number of hydrogen-bond donors (Lipinski definition) is 6. The largest absolute Gasteiger partial charge is 0.466 e. The Kier molecular flexibility index (Phi) is 61.9. The SMILES string of the molecule is CCCCCC/C=C/CC/C=C/C(O)C(COC1OC(CO)C(O)C(O)C1O)NC(=O)CCCCCCCCCCCCCCCCCCC/C=C\C/C=C\CCCCCCCCCCCCCOC(=O)CCCCCCCCCCCCCCCC. The molecule has 7 unspecified atom stereocenters. The van der Waals surface area contributed by atoms with Crippen LogP contribution in [0.1, 0.15) is 361 Å². The van der Waals surface area contributed by atoms with E-state index in [1.807, 2.05) is 6.08 Å². The lowest BCUT2D eigenvalue weighted by Gasteiger charge is -2.40. The molecule has 1 fully saturated rings. The molecule has 7 atom stereocenters. The predicted octanol–water partition coefficient (Wildman–Crippen LogP) is 19.5. The van der Waals surface area contributed by atoms with Gasteiger partial charge in [0.05, 0.1) is 32.0 Å². The van der Waals surface area contributed by atoms with Gasteiger partial charge in [-0.3, -0.25) is 9.59 Å². The Morgan fingerprint density at radius 1 is 0.425 bits per heavy atom. The first-order valence-electron chi connectivity index (χ1n) is 37.4. The highest BCUT2D eigenvalue weighted by atomic mass is 16.7. The zero-order chi connectivity index (χ0) is 63.0. The molecule has 0 bridgehead atoms. The lowest BCUT2D eigenvalue weighted by Crippen LogP contribution is -2.60. The number of allylic oxidation sites excluding steroid dienone is 7. The molecule has 0 saturated carbocycles. The van der Waals surface area contributed by atoms with Crippen molar-refractivity contribution in [3.8, 4) is 0 Å². The van der Waals surface area contributed by atoms with E-state index in [1.165, 1.54) is 276 Å². The zero-order valence-electron chi connectivity index (χ0n) is 56.7. The second kappa shape index (κ2) is 65.1. The number of carbonyl (C=O) groups is 2. The van der Waals surface area contributed by atoms with Gasteiger partial charge in [-0.15, -0.1) is 0 Å². The summed E-state index contributed by atoms with van der Waals surface area (Å²) in [6.45, 7) is 4.33. The van der Waals surface area contributed by atoms with Crippen molar-refractivity contribution in [2.75, 3.05) is 19.8 Å². The quantitative estimate of drug-likeness (QED) is 0.0195. The molecule has 0 spiro atoms. The molecule has 1 aliphatic heterocycles. The smallest absolute Gasteiger partial charge is 0.305 e. The molecule has 1 amide bonds. The van der Waals surface area contributed by atoms with Crippen LogP contribution in [0.15, 0.2) is 48.6 Å². The first kappa shape index (κ1) is 82.6. The van der Waals surface area contributed by atoms with Crippen molar-refractivity contribution in [3.05, 3.63) is 48.6 Å². The minimum atomic E-state index is -1.58. The van der Waals surface area contributed by atoms with E-state index >= 15 is 0 Å². The molecular weight excluding hydrogens is 1090 g/mol. The summed E-state index contributed by atoms with van der Waals surface area (Å²) in [5.74, 6) is -0.178. The minimum Gasteiger partial charge on any atom is -0.466 e. The van der Waals surface area contributed by atoms with Crippen molar-refractivity contribution in [1.82, 2.24) is 5.32 Å². The predicted molar refractivity (Wildman–Crippen MR) is 366 cm³/mol. The minimum absolute atomic E-state index is 0.0124. The van der Waals surface area contributed by atoms with Crippen molar-refractivity contribution in [3.63, 3.8) is 0 Å². The molecule has 0 radical (unpaired) electrons. The molecule has 1 saturated heterocycles. The van der Waals surface area contributed by atoms with E-state index in [0.717, 1.165) is 57.8 Å². The van der Waals surface area contributed by atoms with E-state index in [-0.39, 0.29) is 18.5 Å². The maximum Gasteiger partial charge on any atom is 0.305 e. The van der Waals surface area contributed by atoms with Crippen LogP contribution >= 0.6 is 0 Å². The number of hydrogen-bond acceptors (Lipinski definition) is 10. The average molecular weight is 1230 g/mol. The van der Waals surface area contributed by atoms with Crippen molar-refractivity contribution >= 4 is 11.9 Å². The van der Waals surface area contributed by atoms with E-state index in [4.69, 9.17) is 14.2 Å². The summed E-state index contributed by atoms with van der Waals surface area (Å²) in [4.78, 5) is 25.1. The Bertz CT molecular complexity index is 1580.